The molecule has 0 saturated heterocycles. The van der Waals surface area contributed by atoms with Crippen molar-refractivity contribution in [1.29, 1.82) is 0 Å². The van der Waals surface area contributed by atoms with Crippen LogP contribution in [0.5, 0.6) is 5.75 Å². The summed E-state index contributed by atoms with van der Waals surface area (Å²) in [6, 6.07) is 16.4. The maximum atomic E-state index is 12.8. The number of alkyl halides is 3. The van der Waals surface area contributed by atoms with E-state index in [9.17, 15) is 22.8 Å². The second-order valence-corrected chi connectivity index (χ2v) is 8.58. The van der Waals surface area contributed by atoms with Crippen molar-refractivity contribution in [2.75, 3.05) is 6.54 Å². The molecule has 0 saturated carbocycles. The van der Waals surface area contributed by atoms with Crippen LogP contribution in [-0.2, 0) is 11.0 Å². The molecule has 1 atom stereocenters. The van der Waals surface area contributed by atoms with Gasteiger partial charge in [0.15, 0.2) is 0 Å². The fourth-order valence-electron chi connectivity index (χ4n) is 3.71. The average molecular weight is 515 g/mol. The van der Waals surface area contributed by atoms with Crippen LogP contribution in [-0.4, -0.2) is 28.5 Å². The van der Waals surface area contributed by atoms with Crippen LogP contribution in [0.1, 0.15) is 66.6 Å². The Hall–Kier alpha value is -3.88. The Kier molecular flexibility index (Phi) is 9.65. The number of hydrogen-bond acceptors (Lipinski definition) is 4. The van der Waals surface area contributed by atoms with Crippen LogP contribution >= 0.6 is 0 Å². The summed E-state index contributed by atoms with van der Waals surface area (Å²) in [6.07, 6.45) is -0.191. The molecule has 37 heavy (non-hydrogen) atoms. The van der Waals surface area contributed by atoms with Gasteiger partial charge in [0.25, 0.3) is 5.91 Å². The first kappa shape index (κ1) is 27.7. The SMILES string of the molecule is CCCCCC(Oc1ccc(C(=O)NCCC(=O)O)cc1)c1ccc(-c2ccc(C(F)(F)F)cn2)cc1. The third kappa shape index (κ3) is 8.34. The first-order valence-electron chi connectivity index (χ1n) is 12.1. The molecule has 1 aromatic heterocycles. The fraction of sp³-hybridized carbons (Fsp3) is 0.321. The van der Waals surface area contributed by atoms with Crippen LogP contribution < -0.4 is 10.1 Å². The minimum atomic E-state index is -4.43. The first-order valence-corrected chi connectivity index (χ1v) is 12.1. The van der Waals surface area contributed by atoms with Crippen molar-refractivity contribution in [3.05, 3.63) is 83.6 Å². The molecule has 196 valence electrons. The summed E-state index contributed by atoms with van der Waals surface area (Å²) in [7, 11) is 0. The number of rotatable bonds is 12. The molecule has 0 aliphatic carbocycles. The molecule has 0 bridgehead atoms. The summed E-state index contributed by atoms with van der Waals surface area (Å²) in [6.45, 7) is 2.16. The second-order valence-electron chi connectivity index (χ2n) is 8.58. The van der Waals surface area contributed by atoms with E-state index in [0.717, 1.165) is 43.5 Å². The molecule has 1 amide bonds. The molecule has 3 rings (SSSR count). The summed E-state index contributed by atoms with van der Waals surface area (Å²) in [4.78, 5) is 26.7. The van der Waals surface area contributed by atoms with Gasteiger partial charge >= 0.3 is 12.1 Å². The van der Waals surface area contributed by atoms with Gasteiger partial charge in [-0.2, -0.15) is 13.2 Å². The zero-order valence-electron chi connectivity index (χ0n) is 20.4. The number of nitrogens with zero attached hydrogens (tertiary/aromatic N) is 1. The minimum Gasteiger partial charge on any atom is -0.486 e. The lowest BCUT2D eigenvalue weighted by Gasteiger charge is -2.20. The van der Waals surface area contributed by atoms with Gasteiger partial charge in [0.05, 0.1) is 17.7 Å². The Morgan fingerprint density at radius 2 is 1.70 bits per heavy atom. The number of carboxylic acid groups (broad SMARTS) is 1. The van der Waals surface area contributed by atoms with Gasteiger partial charge in [-0.3, -0.25) is 14.6 Å². The summed E-state index contributed by atoms with van der Waals surface area (Å²) in [5.74, 6) is -0.765. The number of hydrogen-bond donors (Lipinski definition) is 2. The van der Waals surface area contributed by atoms with Crippen molar-refractivity contribution >= 4 is 11.9 Å². The number of aromatic nitrogens is 1. The Morgan fingerprint density at radius 1 is 1.00 bits per heavy atom. The molecular formula is C28H29F3N2O4. The molecule has 1 heterocycles. The van der Waals surface area contributed by atoms with E-state index in [1.807, 2.05) is 24.3 Å². The van der Waals surface area contributed by atoms with E-state index in [0.29, 0.717) is 22.6 Å². The topological polar surface area (TPSA) is 88.5 Å². The molecular weight excluding hydrogens is 485 g/mol. The van der Waals surface area contributed by atoms with E-state index in [2.05, 4.69) is 17.2 Å². The predicted octanol–water partition coefficient (Wildman–Crippen LogP) is 6.67. The molecule has 0 radical (unpaired) electrons. The van der Waals surface area contributed by atoms with Gasteiger partial charge in [0.1, 0.15) is 11.9 Å². The monoisotopic (exact) mass is 514 g/mol. The van der Waals surface area contributed by atoms with Crippen molar-refractivity contribution in [2.45, 2.75) is 51.3 Å². The zero-order valence-corrected chi connectivity index (χ0v) is 20.4. The van der Waals surface area contributed by atoms with Gasteiger partial charge in [-0.15, -0.1) is 0 Å². The van der Waals surface area contributed by atoms with Gasteiger partial charge < -0.3 is 15.2 Å². The highest BCUT2D eigenvalue weighted by molar-refractivity contribution is 5.94. The fourth-order valence-corrected chi connectivity index (χ4v) is 3.71. The van der Waals surface area contributed by atoms with Gasteiger partial charge in [-0.1, -0.05) is 44.0 Å². The first-order chi connectivity index (χ1) is 17.7. The molecule has 1 unspecified atom stereocenters. The third-order valence-electron chi connectivity index (χ3n) is 5.76. The number of carboxylic acids is 1. The highest BCUT2D eigenvalue weighted by Crippen LogP contribution is 2.31. The number of halogens is 3. The van der Waals surface area contributed by atoms with Gasteiger partial charge in [-0.25, -0.2) is 0 Å². The number of nitrogens with one attached hydrogen (secondary N) is 1. The van der Waals surface area contributed by atoms with Gasteiger partial charge in [-0.05, 0) is 54.8 Å². The number of ether oxygens (including phenoxy) is 1. The molecule has 9 heteroatoms. The number of carbonyl (C=O) groups is 2. The van der Waals surface area contributed by atoms with E-state index < -0.39 is 17.7 Å². The van der Waals surface area contributed by atoms with Crippen molar-refractivity contribution in [3.8, 4) is 17.0 Å². The number of unbranched alkanes of at least 4 members (excludes halogenated alkanes) is 2. The Labute approximate surface area is 213 Å². The van der Waals surface area contributed by atoms with Crippen molar-refractivity contribution in [3.63, 3.8) is 0 Å². The van der Waals surface area contributed by atoms with Gasteiger partial charge in [0.2, 0.25) is 0 Å². The molecule has 6 nitrogen and oxygen atoms in total. The molecule has 3 aromatic rings. The largest absolute Gasteiger partial charge is 0.486 e. The number of benzene rings is 2. The van der Waals surface area contributed by atoms with Crippen LogP contribution in [0.25, 0.3) is 11.3 Å². The minimum absolute atomic E-state index is 0.0455. The summed E-state index contributed by atoms with van der Waals surface area (Å²) in [5, 5.41) is 11.2. The summed E-state index contributed by atoms with van der Waals surface area (Å²) >= 11 is 0. The lowest BCUT2D eigenvalue weighted by atomic mass is 10.0. The lowest BCUT2D eigenvalue weighted by molar-refractivity contribution is -0.138. The van der Waals surface area contributed by atoms with Crippen LogP contribution in [0.2, 0.25) is 0 Å². The average Bonchev–Trinajstić information content (AvgIpc) is 2.88. The predicted molar refractivity (Wildman–Crippen MR) is 133 cm³/mol. The van der Waals surface area contributed by atoms with Crippen LogP contribution in [0.4, 0.5) is 13.2 Å². The van der Waals surface area contributed by atoms with Crippen molar-refractivity contribution in [1.82, 2.24) is 10.3 Å². The van der Waals surface area contributed by atoms with Crippen molar-refractivity contribution in [2.24, 2.45) is 0 Å². The lowest BCUT2D eigenvalue weighted by Crippen LogP contribution is -2.25. The van der Waals surface area contributed by atoms with E-state index in [1.165, 1.54) is 6.07 Å². The molecule has 0 aliphatic heterocycles. The smallest absolute Gasteiger partial charge is 0.417 e. The maximum absolute atomic E-state index is 12.8. The highest BCUT2D eigenvalue weighted by atomic mass is 19.4. The Morgan fingerprint density at radius 3 is 2.27 bits per heavy atom. The van der Waals surface area contributed by atoms with Crippen LogP contribution in [0.3, 0.4) is 0 Å². The number of pyridine rings is 1. The number of amides is 1. The van der Waals surface area contributed by atoms with Crippen LogP contribution in [0, 0.1) is 0 Å². The van der Waals surface area contributed by atoms with Crippen LogP contribution in [0.15, 0.2) is 66.9 Å². The molecule has 2 aromatic carbocycles. The molecule has 0 spiro atoms. The zero-order chi connectivity index (χ0) is 26.8. The molecule has 2 N–H and O–H groups in total. The quantitative estimate of drug-likeness (QED) is 0.264. The molecule has 0 fully saturated rings. The van der Waals surface area contributed by atoms with E-state index in [4.69, 9.17) is 9.84 Å². The number of carbonyl (C=O) groups excluding carboxylic acids is 1. The second kappa shape index (κ2) is 12.9. The normalized spacial score (nSPS) is 12.1. The van der Waals surface area contributed by atoms with Crippen molar-refractivity contribution < 1.29 is 32.6 Å². The Balaban J connectivity index is 1.70. The Bertz CT molecular complexity index is 1160. The summed E-state index contributed by atoms with van der Waals surface area (Å²) in [5.41, 5.74) is 1.67. The van der Waals surface area contributed by atoms with E-state index >= 15 is 0 Å². The van der Waals surface area contributed by atoms with Gasteiger partial charge in [0, 0.05) is 23.9 Å². The highest BCUT2D eigenvalue weighted by Gasteiger charge is 2.30. The van der Waals surface area contributed by atoms with E-state index in [-0.39, 0.29) is 25.0 Å². The number of aliphatic carboxylic acids is 1. The standard InChI is InChI=1S/C28H29F3N2O4/c1-2-3-4-5-25(37-23-13-10-21(11-14-23)27(36)32-17-16-26(34)35)20-8-6-19(7-9-20)24-15-12-22(18-33-24)28(29,30)31/h6-15,18,25H,2-5,16-17H2,1H3,(H,32,36)(H,34,35). The molecule has 0 aliphatic rings. The third-order valence-corrected chi connectivity index (χ3v) is 5.76. The van der Waals surface area contributed by atoms with E-state index in [1.54, 1.807) is 24.3 Å². The maximum Gasteiger partial charge on any atom is 0.417 e. The summed E-state index contributed by atoms with van der Waals surface area (Å²) < 4.78 is 44.7.